The van der Waals surface area contributed by atoms with Crippen molar-refractivity contribution in [2.24, 2.45) is 0 Å². The second-order valence-corrected chi connectivity index (χ2v) is 5.02. The first-order valence-electron chi connectivity index (χ1n) is 6.55. The minimum Gasteiger partial charge on any atom is -0.381 e. The van der Waals surface area contributed by atoms with Crippen molar-refractivity contribution in [3.8, 4) is 0 Å². The van der Waals surface area contributed by atoms with E-state index in [0.717, 1.165) is 31.9 Å². The van der Waals surface area contributed by atoms with E-state index in [1.807, 2.05) is 10.8 Å². The normalized spacial score (nSPS) is 17.1. The van der Waals surface area contributed by atoms with Crippen LogP contribution in [0.1, 0.15) is 38.4 Å². The highest BCUT2D eigenvalue weighted by molar-refractivity contribution is 5.76. The molecule has 0 saturated carbocycles. The van der Waals surface area contributed by atoms with Gasteiger partial charge < -0.3 is 14.6 Å². The number of hydrogen-bond acceptors (Lipinski definition) is 3. The fourth-order valence-corrected chi connectivity index (χ4v) is 2.23. The molecule has 0 aliphatic carbocycles. The summed E-state index contributed by atoms with van der Waals surface area (Å²) in [5.74, 6) is 1.34. The third kappa shape index (κ3) is 3.32. The minimum absolute atomic E-state index is 0.0572. The number of carbonyl (C=O) groups is 1. The van der Waals surface area contributed by atoms with Crippen LogP contribution in [0.5, 0.6) is 0 Å². The number of amides is 1. The number of imidazole rings is 1. The molecule has 18 heavy (non-hydrogen) atoms. The van der Waals surface area contributed by atoms with Crippen LogP contribution >= 0.6 is 0 Å². The van der Waals surface area contributed by atoms with E-state index in [0.29, 0.717) is 12.5 Å². The van der Waals surface area contributed by atoms with Crippen LogP contribution in [0.25, 0.3) is 0 Å². The summed E-state index contributed by atoms with van der Waals surface area (Å²) in [6.07, 6.45) is 5.43. The number of nitrogens with one attached hydrogen (secondary N) is 1. The van der Waals surface area contributed by atoms with Crippen LogP contribution in [-0.2, 0) is 16.1 Å². The second-order valence-electron chi connectivity index (χ2n) is 5.02. The molecule has 1 aliphatic heterocycles. The molecule has 0 aromatic carbocycles. The third-order valence-corrected chi connectivity index (χ3v) is 3.16. The maximum Gasteiger partial charge on any atom is 0.240 e. The van der Waals surface area contributed by atoms with Gasteiger partial charge in [-0.1, -0.05) is 13.8 Å². The molecule has 2 rings (SSSR count). The fraction of sp³-hybridized carbons (Fsp3) is 0.692. The molecule has 1 aliphatic rings. The summed E-state index contributed by atoms with van der Waals surface area (Å²) in [5.41, 5.74) is 0. The van der Waals surface area contributed by atoms with E-state index in [9.17, 15) is 4.79 Å². The predicted octanol–water partition coefficient (Wildman–Crippen LogP) is 1.30. The first kappa shape index (κ1) is 13.1. The molecule has 5 nitrogen and oxygen atoms in total. The summed E-state index contributed by atoms with van der Waals surface area (Å²) in [4.78, 5) is 16.2. The maximum atomic E-state index is 12.0. The lowest BCUT2D eigenvalue weighted by atomic mass is 10.1. The summed E-state index contributed by atoms with van der Waals surface area (Å²) in [5, 5.41) is 3.06. The maximum absolute atomic E-state index is 12.0. The molecule has 0 atom stereocenters. The Morgan fingerprint density at radius 3 is 2.94 bits per heavy atom. The third-order valence-electron chi connectivity index (χ3n) is 3.16. The summed E-state index contributed by atoms with van der Waals surface area (Å²) >= 11 is 0. The van der Waals surface area contributed by atoms with Gasteiger partial charge in [0, 0.05) is 37.6 Å². The highest BCUT2D eigenvalue weighted by Crippen LogP contribution is 2.11. The van der Waals surface area contributed by atoms with Gasteiger partial charge in [0.2, 0.25) is 5.91 Å². The minimum atomic E-state index is 0.0572. The largest absolute Gasteiger partial charge is 0.381 e. The van der Waals surface area contributed by atoms with Crippen molar-refractivity contribution in [2.75, 3.05) is 13.2 Å². The second kappa shape index (κ2) is 6.00. The van der Waals surface area contributed by atoms with Crippen LogP contribution in [0.15, 0.2) is 12.4 Å². The van der Waals surface area contributed by atoms with E-state index in [4.69, 9.17) is 4.74 Å². The quantitative estimate of drug-likeness (QED) is 0.877. The van der Waals surface area contributed by atoms with Crippen molar-refractivity contribution in [3.05, 3.63) is 18.2 Å². The molecule has 1 fully saturated rings. The summed E-state index contributed by atoms with van der Waals surface area (Å²) in [7, 11) is 0. The lowest BCUT2D eigenvalue weighted by molar-refractivity contribution is -0.123. The van der Waals surface area contributed by atoms with Gasteiger partial charge in [-0.2, -0.15) is 0 Å². The topological polar surface area (TPSA) is 56.2 Å². The van der Waals surface area contributed by atoms with Crippen LogP contribution in [0.3, 0.4) is 0 Å². The molecular formula is C13H21N3O2. The Hall–Kier alpha value is -1.36. The Morgan fingerprint density at radius 1 is 1.56 bits per heavy atom. The van der Waals surface area contributed by atoms with Gasteiger partial charge in [0.1, 0.15) is 12.4 Å². The van der Waals surface area contributed by atoms with E-state index in [-0.39, 0.29) is 11.9 Å². The number of hydrogen-bond donors (Lipinski definition) is 1. The van der Waals surface area contributed by atoms with Crippen molar-refractivity contribution in [3.63, 3.8) is 0 Å². The molecule has 5 heteroatoms. The van der Waals surface area contributed by atoms with Crippen LogP contribution in [0, 0.1) is 0 Å². The zero-order chi connectivity index (χ0) is 13.0. The van der Waals surface area contributed by atoms with Crippen molar-refractivity contribution >= 4 is 5.91 Å². The van der Waals surface area contributed by atoms with Crippen molar-refractivity contribution in [1.29, 1.82) is 0 Å². The van der Waals surface area contributed by atoms with Crippen molar-refractivity contribution in [1.82, 2.24) is 14.9 Å². The number of rotatable bonds is 4. The van der Waals surface area contributed by atoms with E-state index in [1.54, 1.807) is 6.20 Å². The Balaban J connectivity index is 1.88. The molecular weight excluding hydrogens is 230 g/mol. The SMILES string of the molecule is CC(C)c1nccn1CC(=O)NC1CCOCC1. The van der Waals surface area contributed by atoms with Gasteiger partial charge in [-0.25, -0.2) is 4.98 Å². The fourth-order valence-electron chi connectivity index (χ4n) is 2.23. The first-order chi connectivity index (χ1) is 8.66. The smallest absolute Gasteiger partial charge is 0.240 e. The molecule has 0 radical (unpaired) electrons. The van der Waals surface area contributed by atoms with Gasteiger partial charge in [-0.15, -0.1) is 0 Å². The standard InChI is InChI=1S/C13H21N3O2/c1-10(2)13-14-5-6-16(13)9-12(17)15-11-3-7-18-8-4-11/h5-6,10-11H,3-4,7-9H2,1-2H3,(H,15,17). The predicted molar refractivity (Wildman–Crippen MR) is 68.3 cm³/mol. The highest BCUT2D eigenvalue weighted by atomic mass is 16.5. The van der Waals surface area contributed by atoms with Gasteiger partial charge in [-0.3, -0.25) is 4.79 Å². The molecule has 1 aromatic heterocycles. The molecule has 1 aromatic rings. The number of carbonyl (C=O) groups excluding carboxylic acids is 1. The summed E-state index contributed by atoms with van der Waals surface area (Å²) in [6, 6.07) is 0.261. The molecule has 0 bridgehead atoms. The number of nitrogens with zero attached hydrogens (tertiary/aromatic N) is 2. The molecule has 1 amide bonds. The van der Waals surface area contributed by atoms with E-state index < -0.39 is 0 Å². The average Bonchev–Trinajstić information content (AvgIpc) is 2.78. The Kier molecular flexibility index (Phi) is 4.36. The van der Waals surface area contributed by atoms with Crippen molar-refractivity contribution < 1.29 is 9.53 Å². The van der Waals surface area contributed by atoms with E-state index in [1.165, 1.54) is 0 Å². The van der Waals surface area contributed by atoms with Crippen LogP contribution in [0.4, 0.5) is 0 Å². The Morgan fingerprint density at radius 2 is 2.28 bits per heavy atom. The lowest BCUT2D eigenvalue weighted by Crippen LogP contribution is -2.40. The van der Waals surface area contributed by atoms with Gasteiger partial charge in [0.05, 0.1) is 0 Å². The monoisotopic (exact) mass is 251 g/mol. The zero-order valence-electron chi connectivity index (χ0n) is 11.1. The summed E-state index contributed by atoms with van der Waals surface area (Å²) in [6.45, 7) is 6.00. The molecule has 1 saturated heterocycles. The van der Waals surface area contributed by atoms with Crippen LogP contribution < -0.4 is 5.32 Å². The van der Waals surface area contributed by atoms with Gasteiger partial charge in [0.25, 0.3) is 0 Å². The zero-order valence-corrected chi connectivity index (χ0v) is 11.1. The van der Waals surface area contributed by atoms with Crippen molar-refractivity contribution in [2.45, 2.75) is 45.2 Å². The molecule has 100 valence electrons. The van der Waals surface area contributed by atoms with Gasteiger partial charge in [0.15, 0.2) is 0 Å². The van der Waals surface area contributed by atoms with E-state index in [2.05, 4.69) is 24.1 Å². The molecule has 1 N–H and O–H groups in total. The Bertz CT molecular complexity index is 395. The lowest BCUT2D eigenvalue weighted by Gasteiger charge is -2.23. The highest BCUT2D eigenvalue weighted by Gasteiger charge is 2.17. The number of aromatic nitrogens is 2. The van der Waals surface area contributed by atoms with E-state index >= 15 is 0 Å². The van der Waals surface area contributed by atoms with Gasteiger partial charge >= 0.3 is 0 Å². The molecule has 2 heterocycles. The van der Waals surface area contributed by atoms with Crippen LogP contribution in [0.2, 0.25) is 0 Å². The molecule has 0 unspecified atom stereocenters. The Labute approximate surface area is 108 Å². The number of ether oxygens (including phenoxy) is 1. The van der Waals surface area contributed by atoms with Gasteiger partial charge in [-0.05, 0) is 12.8 Å². The average molecular weight is 251 g/mol. The molecule has 0 spiro atoms. The van der Waals surface area contributed by atoms with Crippen LogP contribution in [-0.4, -0.2) is 34.7 Å². The summed E-state index contributed by atoms with van der Waals surface area (Å²) < 4.78 is 7.19. The first-order valence-corrected chi connectivity index (χ1v) is 6.55.